The minimum atomic E-state index is -3.46. The molecule has 1 fully saturated rings. The fourth-order valence-electron chi connectivity index (χ4n) is 2.96. The molecule has 1 aliphatic rings. The van der Waals surface area contributed by atoms with Gasteiger partial charge in [-0.05, 0) is 25.0 Å². The van der Waals surface area contributed by atoms with E-state index in [0.29, 0.717) is 13.1 Å². The third-order valence-electron chi connectivity index (χ3n) is 4.67. The molecule has 9 heteroatoms. The topological polar surface area (TPSA) is 99.9 Å². The molecule has 0 atom stereocenters. The number of nitrogens with zero attached hydrogens (tertiary/aromatic N) is 2. The van der Waals surface area contributed by atoms with Crippen molar-refractivity contribution in [3.05, 3.63) is 24.2 Å². The van der Waals surface area contributed by atoms with Gasteiger partial charge in [0.05, 0.1) is 12.0 Å². The maximum absolute atomic E-state index is 12.4. The summed E-state index contributed by atoms with van der Waals surface area (Å²) in [6.45, 7) is 5.10. The van der Waals surface area contributed by atoms with Gasteiger partial charge in [-0.2, -0.15) is 4.31 Å². The largest absolute Gasteiger partial charge is 0.459 e. The molecule has 0 spiro atoms. The molecule has 26 heavy (non-hydrogen) atoms. The second kappa shape index (κ2) is 9.18. The zero-order valence-electron chi connectivity index (χ0n) is 15.3. The molecule has 0 saturated carbocycles. The summed E-state index contributed by atoms with van der Waals surface area (Å²) in [6, 6.07) is 3.23. The number of nitrogens with one attached hydrogen (secondary N) is 1. The van der Waals surface area contributed by atoms with Gasteiger partial charge in [-0.15, -0.1) is 0 Å². The van der Waals surface area contributed by atoms with Crippen molar-refractivity contribution < 1.29 is 22.4 Å². The Labute approximate surface area is 154 Å². The number of hydrogen-bond acceptors (Lipinski definition) is 5. The Balaban J connectivity index is 1.80. The summed E-state index contributed by atoms with van der Waals surface area (Å²) in [6.07, 6.45) is 2.91. The lowest BCUT2D eigenvalue weighted by atomic mass is 10.0. The van der Waals surface area contributed by atoms with Crippen molar-refractivity contribution in [1.29, 1.82) is 0 Å². The number of rotatable bonds is 8. The van der Waals surface area contributed by atoms with Crippen LogP contribution < -0.4 is 5.32 Å². The third-order valence-corrected chi connectivity index (χ3v) is 6.54. The minimum absolute atomic E-state index is 0.0751. The normalized spacial score (nSPS) is 16.0. The van der Waals surface area contributed by atoms with E-state index in [0.717, 1.165) is 12.8 Å². The van der Waals surface area contributed by atoms with E-state index in [-0.39, 0.29) is 48.9 Å². The van der Waals surface area contributed by atoms with Crippen molar-refractivity contribution in [3.8, 4) is 0 Å². The summed E-state index contributed by atoms with van der Waals surface area (Å²) in [5.74, 6) is -0.284. The van der Waals surface area contributed by atoms with Gasteiger partial charge in [0.1, 0.15) is 0 Å². The number of carbonyl (C=O) groups is 2. The van der Waals surface area contributed by atoms with Crippen molar-refractivity contribution in [2.45, 2.75) is 26.7 Å². The van der Waals surface area contributed by atoms with Crippen LogP contribution in [0.4, 0.5) is 0 Å². The van der Waals surface area contributed by atoms with E-state index in [4.69, 9.17) is 4.42 Å². The summed E-state index contributed by atoms with van der Waals surface area (Å²) in [5.41, 5.74) is 0. The molecule has 0 radical (unpaired) electrons. The van der Waals surface area contributed by atoms with Crippen LogP contribution in [0, 0.1) is 5.92 Å². The van der Waals surface area contributed by atoms with Crippen LogP contribution in [0.5, 0.6) is 0 Å². The van der Waals surface area contributed by atoms with Gasteiger partial charge in [-0.1, -0.05) is 13.8 Å². The van der Waals surface area contributed by atoms with Gasteiger partial charge in [-0.25, -0.2) is 8.42 Å². The van der Waals surface area contributed by atoms with E-state index in [1.807, 2.05) is 13.8 Å². The van der Waals surface area contributed by atoms with Gasteiger partial charge in [-0.3, -0.25) is 9.59 Å². The van der Waals surface area contributed by atoms with E-state index in [2.05, 4.69) is 5.32 Å². The van der Waals surface area contributed by atoms with Gasteiger partial charge in [0.25, 0.3) is 5.91 Å². The Kier molecular flexibility index (Phi) is 7.22. The van der Waals surface area contributed by atoms with Crippen molar-refractivity contribution in [2.75, 3.05) is 38.5 Å². The zero-order valence-corrected chi connectivity index (χ0v) is 16.1. The number of furan rings is 1. The minimum Gasteiger partial charge on any atom is -0.459 e. The van der Waals surface area contributed by atoms with Crippen LogP contribution in [0.15, 0.2) is 22.8 Å². The number of hydrogen-bond donors (Lipinski definition) is 1. The fraction of sp³-hybridized carbons (Fsp3) is 0.647. The highest BCUT2D eigenvalue weighted by Crippen LogP contribution is 2.12. The van der Waals surface area contributed by atoms with Gasteiger partial charge >= 0.3 is 0 Å². The molecule has 2 heterocycles. The Morgan fingerprint density at radius 1 is 1.19 bits per heavy atom. The van der Waals surface area contributed by atoms with E-state index in [1.165, 1.54) is 10.6 Å². The third kappa shape index (κ3) is 5.07. The van der Waals surface area contributed by atoms with Gasteiger partial charge in [0, 0.05) is 38.6 Å². The van der Waals surface area contributed by atoms with E-state index in [1.54, 1.807) is 17.0 Å². The summed E-state index contributed by atoms with van der Waals surface area (Å²) < 4.78 is 31.3. The first kappa shape index (κ1) is 20.4. The summed E-state index contributed by atoms with van der Waals surface area (Å²) in [4.78, 5) is 25.7. The van der Waals surface area contributed by atoms with Crippen molar-refractivity contribution in [1.82, 2.24) is 14.5 Å². The van der Waals surface area contributed by atoms with Crippen molar-refractivity contribution >= 4 is 21.8 Å². The second-order valence-electron chi connectivity index (χ2n) is 6.29. The van der Waals surface area contributed by atoms with Crippen LogP contribution >= 0.6 is 0 Å². The highest BCUT2D eigenvalue weighted by atomic mass is 32.2. The maximum atomic E-state index is 12.4. The van der Waals surface area contributed by atoms with Crippen molar-refractivity contribution in [3.63, 3.8) is 0 Å². The molecule has 1 aromatic rings. The van der Waals surface area contributed by atoms with Crippen molar-refractivity contribution in [2.24, 2.45) is 5.92 Å². The average molecular weight is 385 g/mol. The lowest BCUT2D eigenvalue weighted by Crippen LogP contribution is -2.51. The fourth-order valence-corrected chi connectivity index (χ4v) is 4.30. The molecule has 0 bridgehead atoms. The molecule has 1 N–H and O–H groups in total. The Morgan fingerprint density at radius 2 is 1.85 bits per heavy atom. The molecule has 2 rings (SSSR count). The molecule has 2 amide bonds. The summed E-state index contributed by atoms with van der Waals surface area (Å²) in [5, 5.41) is 2.70. The van der Waals surface area contributed by atoms with Crippen LogP contribution in [0.3, 0.4) is 0 Å². The Morgan fingerprint density at radius 3 is 2.38 bits per heavy atom. The van der Waals surface area contributed by atoms with Crippen LogP contribution in [-0.2, 0) is 14.8 Å². The molecule has 0 aromatic carbocycles. The van der Waals surface area contributed by atoms with Gasteiger partial charge in [0.2, 0.25) is 15.9 Å². The first-order valence-corrected chi connectivity index (χ1v) is 10.6. The molecular formula is C17H27N3O5S. The highest BCUT2D eigenvalue weighted by Gasteiger charge is 2.30. The molecule has 0 aliphatic carbocycles. The molecule has 146 valence electrons. The predicted molar refractivity (Wildman–Crippen MR) is 97.1 cm³/mol. The number of carbonyl (C=O) groups excluding carboxylic acids is 2. The van der Waals surface area contributed by atoms with E-state index < -0.39 is 10.0 Å². The van der Waals surface area contributed by atoms with Crippen LogP contribution in [0.2, 0.25) is 0 Å². The molecular weight excluding hydrogens is 358 g/mol. The molecule has 1 aromatic heterocycles. The molecule has 0 unspecified atom stereocenters. The lowest BCUT2D eigenvalue weighted by Gasteiger charge is -2.33. The standard InChI is InChI=1S/C17H27N3O5S/c1-3-14(4-2)16(21)18-7-13-26(23,24)20-10-8-19(9-11-20)17(22)15-6-5-12-25-15/h5-6,12,14H,3-4,7-11,13H2,1-2H3,(H,18,21). The summed E-state index contributed by atoms with van der Waals surface area (Å²) >= 11 is 0. The highest BCUT2D eigenvalue weighted by molar-refractivity contribution is 7.89. The molecule has 1 aliphatic heterocycles. The molecule has 8 nitrogen and oxygen atoms in total. The monoisotopic (exact) mass is 385 g/mol. The Hall–Kier alpha value is -1.87. The van der Waals surface area contributed by atoms with E-state index in [9.17, 15) is 18.0 Å². The van der Waals surface area contributed by atoms with Gasteiger partial charge < -0.3 is 14.6 Å². The molecule has 1 saturated heterocycles. The lowest BCUT2D eigenvalue weighted by molar-refractivity contribution is -0.125. The van der Waals surface area contributed by atoms with Gasteiger partial charge in [0.15, 0.2) is 5.76 Å². The number of sulfonamides is 1. The average Bonchev–Trinajstić information content (AvgIpc) is 3.17. The zero-order chi connectivity index (χ0) is 19.2. The van der Waals surface area contributed by atoms with E-state index >= 15 is 0 Å². The SMILES string of the molecule is CCC(CC)C(=O)NCCS(=O)(=O)N1CCN(C(=O)c2ccco2)CC1. The first-order chi connectivity index (χ1) is 12.4. The predicted octanol–water partition coefficient (Wildman–Crippen LogP) is 0.920. The van der Waals surface area contributed by atoms with Crippen LogP contribution in [0.1, 0.15) is 37.2 Å². The number of piperazine rings is 1. The summed E-state index contributed by atoms with van der Waals surface area (Å²) in [7, 11) is -3.46. The Bertz CT molecular complexity index is 690. The number of amides is 2. The van der Waals surface area contributed by atoms with Crippen LogP contribution in [0.25, 0.3) is 0 Å². The second-order valence-corrected chi connectivity index (χ2v) is 8.38. The quantitative estimate of drug-likeness (QED) is 0.717. The maximum Gasteiger partial charge on any atom is 0.289 e. The van der Waals surface area contributed by atoms with Crippen LogP contribution in [-0.4, -0.2) is 67.9 Å². The smallest absolute Gasteiger partial charge is 0.289 e. The first-order valence-electron chi connectivity index (χ1n) is 8.97.